The number of carbonyl (C=O) groups excluding carboxylic acids is 1. The molecule has 0 fully saturated rings. The van der Waals surface area contributed by atoms with E-state index in [9.17, 15) is 14.7 Å². The van der Waals surface area contributed by atoms with Crippen molar-refractivity contribution < 1.29 is 23.8 Å². The van der Waals surface area contributed by atoms with E-state index in [1.54, 1.807) is 18.3 Å². The molecule has 3 heterocycles. The quantitative estimate of drug-likeness (QED) is 0.775. The Hall–Kier alpha value is -3.13. The minimum absolute atomic E-state index is 0.00348. The van der Waals surface area contributed by atoms with Crippen molar-refractivity contribution >= 4 is 5.97 Å². The first-order valence-corrected chi connectivity index (χ1v) is 7.00. The largest absolute Gasteiger partial charge is 0.465 e. The first kappa shape index (κ1) is 15.8. The number of hydrogen-bond donors (Lipinski definition) is 2. The molecule has 3 rings (SSSR count). The average molecular weight is 330 g/mol. The Balaban J connectivity index is 2.30. The van der Waals surface area contributed by atoms with Crippen molar-refractivity contribution in [1.82, 2.24) is 4.98 Å². The van der Waals surface area contributed by atoms with Crippen molar-refractivity contribution in [3.8, 4) is 5.75 Å². The second-order valence-electron chi connectivity index (χ2n) is 5.02. The maximum absolute atomic E-state index is 12.2. The Bertz CT molecular complexity index is 872. The van der Waals surface area contributed by atoms with Crippen LogP contribution in [0, 0.1) is 0 Å². The zero-order valence-electron chi connectivity index (χ0n) is 12.7. The second kappa shape index (κ2) is 6.17. The predicted octanol–water partition coefficient (Wildman–Crippen LogP) is 0.395. The maximum atomic E-state index is 12.2. The average Bonchev–Trinajstić information content (AvgIpc) is 2.61. The van der Waals surface area contributed by atoms with Gasteiger partial charge in [0, 0.05) is 18.5 Å². The summed E-state index contributed by atoms with van der Waals surface area (Å²) in [5, 5.41) is 9.28. The fourth-order valence-electron chi connectivity index (χ4n) is 2.55. The SMILES string of the molecule is COC(=O)C1=C(N)Oc2c(oc(CO)cc2=O)[C@H]1c1cccnc1. The highest BCUT2D eigenvalue weighted by Gasteiger charge is 2.39. The monoisotopic (exact) mass is 330 g/mol. The van der Waals surface area contributed by atoms with E-state index in [0.717, 1.165) is 6.07 Å². The third kappa shape index (κ3) is 2.52. The summed E-state index contributed by atoms with van der Waals surface area (Å²) in [5.74, 6) is -1.83. The van der Waals surface area contributed by atoms with Gasteiger partial charge in [0.1, 0.15) is 17.9 Å². The molecule has 8 heteroatoms. The van der Waals surface area contributed by atoms with Gasteiger partial charge in [-0.3, -0.25) is 9.78 Å². The minimum Gasteiger partial charge on any atom is -0.465 e. The molecule has 0 aromatic carbocycles. The lowest BCUT2D eigenvalue weighted by atomic mass is 9.87. The van der Waals surface area contributed by atoms with Crippen LogP contribution in [0.15, 0.2) is 51.3 Å². The number of fused-ring (bicyclic) bond motifs is 1. The zero-order chi connectivity index (χ0) is 17.3. The van der Waals surface area contributed by atoms with Gasteiger partial charge >= 0.3 is 5.97 Å². The number of esters is 1. The molecule has 1 aliphatic rings. The first-order chi connectivity index (χ1) is 11.6. The van der Waals surface area contributed by atoms with Crippen molar-refractivity contribution in [1.29, 1.82) is 0 Å². The highest BCUT2D eigenvalue weighted by molar-refractivity contribution is 5.92. The van der Waals surface area contributed by atoms with Gasteiger partial charge in [-0.15, -0.1) is 0 Å². The molecule has 0 spiro atoms. The van der Waals surface area contributed by atoms with Crippen LogP contribution in [0.25, 0.3) is 0 Å². The Labute approximate surface area is 136 Å². The number of carbonyl (C=O) groups is 1. The summed E-state index contributed by atoms with van der Waals surface area (Å²) in [6, 6.07) is 4.48. The van der Waals surface area contributed by atoms with Crippen molar-refractivity contribution in [2.45, 2.75) is 12.5 Å². The maximum Gasteiger partial charge on any atom is 0.340 e. The normalized spacial score (nSPS) is 16.3. The van der Waals surface area contributed by atoms with Crippen LogP contribution >= 0.6 is 0 Å². The lowest BCUT2D eigenvalue weighted by Gasteiger charge is -2.26. The van der Waals surface area contributed by atoms with Gasteiger partial charge in [-0.1, -0.05) is 6.07 Å². The van der Waals surface area contributed by atoms with Crippen molar-refractivity contribution in [3.63, 3.8) is 0 Å². The topological polar surface area (TPSA) is 125 Å². The van der Waals surface area contributed by atoms with Gasteiger partial charge in [0.25, 0.3) is 0 Å². The molecule has 0 amide bonds. The molecule has 24 heavy (non-hydrogen) atoms. The number of nitrogens with two attached hydrogens (primary N) is 1. The minimum atomic E-state index is -0.839. The summed E-state index contributed by atoms with van der Waals surface area (Å²) in [7, 11) is 1.21. The number of rotatable bonds is 3. The highest BCUT2D eigenvalue weighted by atomic mass is 16.5. The molecule has 8 nitrogen and oxygen atoms in total. The van der Waals surface area contributed by atoms with Crippen LogP contribution in [-0.2, 0) is 16.1 Å². The highest BCUT2D eigenvalue weighted by Crippen LogP contribution is 2.41. The van der Waals surface area contributed by atoms with E-state index in [4.69, 9.17) is 19.6 Å². The summed E-state index contributed by atoms with van der Waals surface area (Å²) < 4.78 is 15.6. The fourth-order valence-corrected chi connectivity index (χ4v) is 2.55. The lowest BCUT2D eigenvalue weighted by Crippen LogP contribution is -2.29. The molecular formula is C16H14N2O6. The van der Waals surface area contributed by atoms with Gasteiger partial charge < -0.3 is 24.7 Å². The van der Waals surface area contributed by atoms with Gasteiger partial charge in [-0.2, -0.15) is 0 Å². The number of nitrogens with zero attached hydrogens (tertiary/aromatic N) is 1. The summed E-state index contributed by atoms with van der Waals surface area (Å²) in [6.07, 6.45) is 3.08. The molecule has 0 radical (unpaired) electrons. The van der Waals surface area contributed by atoms with Crippen molar-refractivity contribution in [2.75, 3.05) is 7.11 Å². The molecule has 0 saturated carbocycles. The number of ether oxygens (including phenoxy) is 2. The number of hydrogen-bond acceptors (Lipinski definition) is 8. The Kier molecular flexibility index (Phi) is 4.05. The molecule has 0 aliphatic carbocycles. The molecule has 0 saturated heterocycles. The standard InChI is InChI=1S/C16H14N2O6/c1-22-16(21)12-11(8-3-2-4-18-6-8)14-13(24-15(12)17)10(20)5-9(7-19)23-14/h2-6,11,19H,7,17H2,1H3/t11-/m0/s1. The lowest BCUT2D eigenvalue weighted by molar-refractivity contribution is -0.136. The molecule has 3 N–H and O–H groups in total. The second-order valence-corrected chi connectivity index (χ2v) is 5.02. The van der Waals surface area contributed by atoms with E-state index in [-0.39, 0.29) is 28.7 Å². The van der Waals surface area contributed by atoms with Crippen LogP contribution in [-0.4, -0.2) is 23.2 Å². The molecule has 2 aromatic rings. The molecule has 124 valence electrons. The van der Waals surface area contributed by atoms with Gasteiger partial charge in [0.15, 0.2) is 5.76 Å². The number of aromatic nitrogens is 1. The summed E-state index contributed by atoms with van der Waals surface area (Å²) in [5.41, 5.74) is 5.89. The predicted molar refractivity (Wildman–Crippen MR) is 80.8 cm³/mol. The molecule has 0 unspecified atom stereocenters. The fraction of sp³-hybridized carbons (Fsp3) is 0.188. The van der Waals surface area contributed by atoms with Crippen LogP contribution in [0.4, 0.5) is 0 Å². The summed E-state index contributed by atoms with van der Waals surface area (Å²) in [4.78, 5) is 28.4. The van der Waals surface area contributed by atoms with E-state index >= 15 is 0 Å². The van der Waals surface area contributed by atoms with Crippen LogP contribution in [0.5, 0.6) is 5.75 Å². The summed E-state index contributed by atoms with van der Waals surface area (Å²) >= 11 is 0. The molecule has 0 bridgehead atoms. The zero-order valence-corrected chi connectivity index (χ0v) is 12.7. The molecule has 1 atom stereocenters. The number of pyridine rings is 1. The molecule has 2 aromatic heterocycles. The van der Waals surface area contributed by atoms with E-state index in [1.807, 2.05) is 0 Å². The number of aliphatic hydroxyl groups is 1. The van der Waals surface area contributed by atoms with E-state index in [1.165, 1.54) is 13.3 Å². The van der Waals surface area contributed by atoms with Gasteiger partial charge in [-0.05, 0) is 11.6 Å². The van der Waals surface area contributed by atoms with E-state index in [2.05, 4.69) is 4.98 Å². The van der Waals surface area contributed by atoms with Crippen molar-refractivity contribution in [2.24, 2.45) is 5.73 Å². The Morgan fingerprint density at radius 1 is 1.50 bits per heavy atom. The first-order valence-electron chi connectivity index (χ1n) is 7.00. The van der Waals surface area contributed by atoms with E-state index < -0.39 is 23.9 Å². The van der Waals surface area contributed by atoms with Crippen LogP contribution < -0.4 is 15.9 Å². The molecular weight excluding hydrogens is 316 g/mol. The van der Waals surface area contributed by atoms with Gasteiger partial charge in [0.2, 0.25) is 17.1 Å². The smallest absolute Gasteiger partial charge is 0.340 e. The van der Waals surface area contributed by atoms with E-state index in [0.29, 0.717) is 5.56 Å². The number of aliphatic hydroxyl groups excluding tert-OH is 1. The third-order valence-corrected chi connectivity index (χ3v) is 3.59. The summed E-state index contributed by atoms with van der Waals surface area (Å²) in [6.45, 7) is -0.477. The third-order valence-electron chi connectivity index (χ3n) is 3.59. The van der Waals surface area contributed by atoms with Crippen LogP contribution in [0.2, 0.25) is 0 Å². The number of methoxy groups -OCH3 is 1. The van der Waals surface area contributed by atoms with Gasteiger partial charge in [0.05, 0.1) is 13.0 Å². The van der Waals surface area contributed by atoms with Crippen LogP contribution in [0.3, 0.4) is 0 Å². The van der Waals surface area contributed by atoms with Crippen LogP contribution in [0.1, 0.15) is 23.0 Å². The van der Waals surface area contributed by atoms with Gasteiger partial charge in [-0.25, -0.2) is 4.79 Å². The Morgan fingerprint density at radius 3 is 2.92 bits per heavy atom. The molecule has 1 aliphatic heterocycles. The van der Waals surface area contributed by atoms with Crippen molar-refractivity contribution in [3.05, 3.63) is 69.4 Å². The Morgan fingerprint density at radius 2 is 2.29 bits per heavy atom.